The lowest BCUT2D eigenvalue weighted by Crippen LogP contribution is -2.56. The predicted octanol–water partition coefficient (Wildman–Crippen LogP) is 3.47. The standard InChI is InChI=1S/C15H20BrFN2/c1-9-5-13(17)12(16)6-15(9)19-8-14(11-3-4-11)18-7-10(19)2/h5-6,10-11,14,18H,3-4,7-8H2,1-2H3. The molecule has 2 fully saturated rings. The zero-order valence-corrected chi connectivity index (χ0v) is 13.0. The Labute approximate surface area is 122 Å². The van der Waals surface area contributed by atoms with E-state index in [1.54, 1.807) is 6.07 Å². The summed E-state index contributed by atoms with van der Waals surface area (Å²) >= 11 is 3.31. The number of hydrogen-bond donors (Lipinski definition) is 1. The van der Waals surface area contributed by atoms with Gasteiger partial charge in [0.1, 0.15) is 5.82 Å². The van der Waals surface area contributed by atoms with E-state index in [0.29, 0.717) is 16.6 Å². The highest BCUT2D eigenvalue weighted by Crippen LogP contribution is 2.36. The van der Waals surface area contributed by atoms with Crippen LogP contribution in [0, 0.1) is 18.7 Å². The molecule has 1 N–H and O–H groups in total. The van der Waals surface area contributed by atoms with Gasteiger partial charge in [0.2, 0.25) is 0 Å². The summed E-state index contributed by atoms with van der Waals surface area (Å²) < 4.78 is 14.1. The van der Waals surface area contributed by atoms with Gasteiger partial charge in [-0.25, -0.2) is 4.39 Å². The van der Waals surface area contributed by atoms with Crippen molar-refractivity contribution >= 4 is 21.6 Å². The van der Waals surface area contributed by atoms with Crippen molar-refractivity contribution in [3.63, 3.8) is 0 Å². The minimum atomic E-state index is -0.178. The Morgan fingerprint density at radius 1 is 1.37 bits per heavy atom. The number of nitrogens with zero attached hydrogens (tertiary/aromatic N) is 1. The molecule has 2 unspecified atom stereocenters. The fraction of sp³-hybridized carbons (Fsp3) is 0.600. The molecule has 19 heavy (non-hydrogen) atoms. The number of aryl methyl sites for hydroxylation is 1. The zero-order chi connectivity index (χ0) is 13.6. The van der Waals surface area contributed by atoms with Gasteiger partial charge in [0.25, 0.3) is 0 Å². The van der Waals surface area contributed by atoms with Crippen LogP contribution in [-0.2, 0) is 0 Å². The van der Waals surface area contributed by atoms with Crippen molar-refractivity contribution < 1.29 is 4.39 Å². The summed E-state index contributed by atoms with van der Waals surface area (Å²) in [5.74, 6) is 0.668. The lowest BCUT2D eigenvalue weighted by atomic mass is 10.0. The molecule has 0 radical (unpaired) electrons. The Morgan fingerprint density at radius 2 is 2.11 bits per heavy atom. The van der Waals surface area contributed by atoms with E-state index in [-0.39, 0.29) is 5.82 Å². The Balaban J connectivity index is 1.88. The largest absolute Gasteiger partial charge is 0.366 e. The number of benzene rings is 1. The van der Waals surface area contributed by atoms with E-state index < -0.39 is 0 Å². The molecule has 1 saturated carbocycles. The minimum absolute atomic E-state index is 0.178. The van der Waals surface area contributed by atoms with Crippen molar-refractivity contribution in [3.05, 3.63) is 28.0 Å². The topological polar surface area (TPSA) is 15.3 Å². The van der Waals surface area contributed by atoms with Gasteiger partial charge in [0, 0.05) is 30.9 Å². The molecule has 2 atom stereocenters. The van der Waals surface area contributed by atoms with Gasteiger partial charge < -0.3 is 10.2 Å². The molecular weight excluding hydrogens is 307 g/mol. The van der Waals surface area contributed by atoms with Crippen molar-refractivity contribution in [2.75, 3.05) is 18.0 Å². The van der Waals surface area contributed by atoms with Crippen LogP contribution in [-0.4, -0.2) is 25.2 Å². The molecule has 1 aliphatic heterocycles. The Kier molecular flexibility index (Phi) is 3.56. The fourth-order valence-corrected chi connectivity index (χ4v) is 3.32. The Morgan fingerprint density at radius 3 is 2.79 bits per heavy atom. The fourth-order valence-electron chi connectivity index (χ4n) is 2.98. The maximum Gasteiger partial charge on any atom is 0.137 e. The number of rotatable bonds is 2. The SMILES string of the molecule is Cc1cc(F)c(Br)cc1N1CC(C2CC2)NCC1C. The maximum absolute atomic E-state index is 13.6. The molecule has 1 heterocycles. The van der Waals surface area contributed by atoms with E-state index >= 15 is 0 Å². The number of halogens is 2. The van der Waals surface area contributed by atoms with Gasteiger partial charge in [-0.1, -0.05) is 0 Å². The quantitative estimate of drug-likeness (QED) is 0.895. The molecule has 0 bridgehead atoms. The average Bonchev–Trinajstić information content (AvgIpc) is 3.19. The van der Waals surface area contributed by atoms with Crippen molar-refractivity contribution in [1.29, 1.82) is 0 Å². The smallest absolute Gasteiger partial charge is 0.137 e. The second-order valence-electron chi connectivity index (χ2n) is 5.91. The number of piperazine rings is 1. The first-order chi connectivity index (χ1) is 9.06. The lowest BCUT2D eigenvalue weighted by Gasteiger charge is -2.41. The van der Waals surface area contributed by atoms with Crippen LogP contribution in [0.5, 0.6) is 0 Å². The summed E-state index contributed by atoms with van der Waals surface area (Å²) in [5.41, 5.74) is 2.18. The van der Waals surface area contributed by atoms with E-state index in [9.17, 15) is 4.39 Å². The number of anilines is 1. The molecule has 1 aromatic carbocycles. The molecule has 1 saturated heterocycles. The van der Waals surface area contributed by atoms with Gasteiger partial charge >= 0.3 is 0 Å². The van der Waals surface area contributed by atoms with Gasteiger partial charge in [-0.2, -0.15) is 0 Å². The van der Waals surface area contributed by atoms with Crippen molar-refractivity contribution in [3.8, 4) is 0 Å². The highest BCUT2D eigenvalue weighted by molar-refractivity contribution is 9.10. The molecule has 104 valence electrons. The molecule has 2 aliphatic rings. The first-order valence-corrected chi connectivity index (χ1v) is 7.81. The molecule has 4 heteroatoms. The summed E-state index contributed by atoms with van der Waals surface area (Å²) in [6, 6.07) is 4.60. The predicted molar refractivity (Wildman–Crippen MR) is 80.2 cm³/mol. The Hall–Kier alpha value is -0.610. The van der Waals surface area contributed by atoms with Crippen molar-refractivity contribution in [2.24, 2.45) is 5.92 Å². The number of nitrogens with one attached hydrogen (secondary N) is 1. The molecule has 3 rings (SSSR count). The average molecular weight is 327 g/mol. The van der Waals surface area contributed by atoms with Crippen LogP contribution in [0.1, 0.15) is 25.3 Å². The third kappa shape index (κ3) is 2.65. The first kappa shape index (κ1) is 13.4. The summed E-state index contributed by atoms with van der Waals surface area (Å²) in [6.45, 7) is 6.26. The van der Waals surface area contributed by atoms with Gasteiger partial charge in [0.05, 0.1) is 4.47 Å². The second kappa shape index (κ2) is 5.06. The third-order valence-corrected chi connectivity index (χ3v) is 4.95. The molecule has 1 aliphatic carbocycles. The van der Waals surface area contributed by atoms with Crippen LogP contribution < -0.4 is 10.2 Å². The highest BCUT2D eigenvalue weighted by atomic mass is 79.9. The summed E-state index contributed by atoms with van der Waals surface area (Å²) in [6.07, 6.45) is 2.71. The van der Waals surface area contributed by atoms with Gasteiger partial charge in [0.15, 0.2) is 0 Å². The van der Waals surface area contributed by atoms with E-state index in [1.165, 1.54) is 12.8 Å². The van der Waals surface area contributed by atoms with E-state index in [2.05, 4.69) is 33.1 Å². The first-order valence-electron chi connectivity index (χ1n) is 7.02. The normalized spacial score (nSPS) is 27.7. The molecule has 0 spiro atoms. The highest BCUT2D eigenvalue weighted by Gasteiger charge is 2.36. The van der Waals surface area contributed by atoms with Crippen molar-refractivity contribution in [1.82, 2.24) is 5.32 Å². The molecule has 0 amide bonds. The lowest BCUT2D eigenvalue weighted by molar-refractivity contribution is 0.375. The molecule has 2 nitrogen and oxygen atoms in total. The summed E-state index contributed by atoms with van der Waals surface area (Å²) in [5, 5.41) is 3.65. The number of hydrogen-bond acceptors (Lipinski definition) is 2. The van der Waals surface area contributed by atoms with E-state index in [1.807, 2.05) is 13.0 Å². The van der Waals surface area contributed by atoms with Crippen LogP contribution in [0.3, 0.4) is 0 Å². The second-order valence-corrected chi connectivity index (χ2v) is 6.76. The van der Waals surface area contributed by atoms with Crippen LogP contribution in [0.15, 0.2) is 16.6 Å². The monoisotopic (exact) mass is 326 g/mol. The summed E-state index contributed by atoms with van der Waals surface area (Å²) in [7, 11) is 0. The van der Waals surface area contributed by atoms with Gasteiger partial charge in [-0.15, -0.1) is 0 Å². The van der Waals surface area contributed by atoms with Crippen molar-refractivity contribution in [2.45, 2.75) is 38.8 Å². The van der Waals surface area contributed by atoms with E-state index in [0.717, 1.165) is 30.3 Å². The molecule has 0 aromatic heterocycles. The van der Waals surface area contributed by atoms with Crippen LogP contribution >= 0.6 is 15.9 Å². The van der Waals surface area contributed by atoms with E-state index in [4.69, 9.17) is 0 Å². The molecule has 1 aromatic rings. The summed E-state index contributed by atoms with van der Waals surface area (Å²) in [4.78, 5) is 2.43. The maximum atomic E-state index is 13.6. The van der Waals surface area contributed by atoms with Crippen LogP contribution in [0.4, 0.5) is 10.1 Å². The minimum Gasteiger partial charge on any atom is -0.366 e. The molecular formula is C15H20BrFN2. The van der Waals surface area contributed by atoms with Gasteiger partial charge in [-0.3, -0.25) is 0 Å². The van der Waals surface area contributed by atoms with Gasteiger partial charge in [-0.05, 0) is 66.2 Å². The van der Waals surface area contributed by atoms with Crippen LogP contribution in [0.2, 0.25) is 0 Å². The zero-order valence-electron chi connectivity index (χ0n) is 11.4. The third-order valence-electron chi connectivity index (χ3n) is 4.34. The van der Waals surface area contributed by atoms with Crippen LogP contribution in [0.25, 0.3) is 0 Å². The Bertz CT molecular complexity index is 487.